The van der Waals surface area contributed by atoms with E-state index in [-0.39, 0.29) is 41.0 Å². The molecular weight excluding hydrogens is 475 g/mol. The van der Waals surface area contributed by atoms with Crippen LogP contribution in [0.5, 0.6) is 0 Å². The summed E-state index contributed by atoms with van der Waals surface area (Å²) in [5, 5.41) is 0. The molecule has 152 valence electrons. The molecule has 0 bridgehead atoms. The topological polar surface area (TPSA) is 27.6 Å². The molecule has 0 amide bonds. The first-order valence-electron chi connectivity index (χ1n) is 10.3. The molecule has 2 nitrogen and oxygen atoms in total. The number of rotatable bonds is 14. The first-order chi connectivity index (χ1) is 10.7. The molecule has 24 heavy (non-hydrogen) atoms. The van der Waals surface area contributed by atoms with Gasteiger partial charge in [-0.3, -0.25) is 0 Å². The fourth-order valence-electron chi connectivity index (χ4n) is 2.89. The molecular formula is C20H48BrIN2. The van der Waals surface area contributed by atoms with E-state index >= 15 is 0 Å². The molecule has 0 radical (unpaired) electrons. The molecule has 0 fully saturated rings. The third kappa shape index (κ3) is 21.2. The molecule has 0 aromatic heterocycles. The van der Waals surface area contributed by atoms with Gasteiger partial charge in [0.1, 0.15) is 0 Å². The van der Waals surface area contributed by atoms with Crippen molar-refractivity contribution in [2.24, 2.45) is 0 Å². The van der Waals surface area contributed by atoms with E-state index in [0.29, 0.717) is 0 Å². The van der Waals surface area contributed by atoms with Gasteiger partial charge in [0.25, 0.3) is 0 Å². The number of hydrogen-bond donors (Lipinski definition) is 1. The lowest BCUT2D eigenvalue weighted by Gasteiger charge is -2.39. The summed E-state index contributed by atoms with van der Waals surface area (Å²) in [4.78, 5) is 0. The summed E-state index contributed by atoms with van der Waals surface area (Å²) in [6.45, 7) is 18.3. The van der Waals surface area contributed by atoms with E-state index in [0.717, 1.165) is 6.54 Å². The van der Waals surface area contributed by atoms with Gasteiger partial charge in [0.2, 0.25) is 0 Å². The van der Waals surface area contributed by atoms with Gasteiger partial charge in [-0.15, -0.1) is 0 Å². The molecule has 3 N–H and O–H groups in total. The van der Waals surface area contributed by atoms with Gasteiger partial charge in [-0.05, 0) is 32.1 Å². The van der Waals surface area contributed by atoms with Crippen molar-refractivity contribution < 1.29 is 51.2 Å². The van der Waals surface area contributed by atoms with Gasteiger partial charge in [-0.25, -0.2) is 0 Å². The molecule has 0 spiro atoms. The minimum Gasteiger partial charge on any atom is -1.00 e. The first-order valence-corrected chi connectivity index (χ1v) is 10.3. The van der Waals surface area contributed by atoms with Crippen LogP contribution in [0.3, 0.4) is 0 Å². The SMILES string of the molecule is CCCC[N+](CCCC)(CCCC)CCCC.CCCC[NH3+].[Br-].[I-]. The second-order valence-electron chi connectivity index (χ2n) is 6.86. The van der Waals surface area contributed by atoms with E-state index in [9.17, 15) is 0 Å². The lowest BCUT2D eigenvalue weighted by molar-refractivity contribution is -0.929. The molecule has 0 atom stereocenters. The molecule has 0 unspecified atom stereocenters. The average Bonchev–Trinajstić information content (AvgIpc) is 2.55. The lowest BCUT2D eigenvalue weighted by atomic mass is 10.1. The third-order valence-corrected chi connectivity index (χ3v) is 4.55. The molecule has 0 saturated carbocycles. The summed E-state index contributed by atoms with van der Waals surface area (Å²) in [6.07, 6.45) is 13.6. The van der Waals surface area contributed by atoms with E-state index < -0.39 is 0 Å². The Bertz CT molecular complexity index is 165. The van der Waals surface area contributed by atoms with Crippen LogP contribution >= 0.6 is 0 Å². The van der Waals surface area contributed by atoms with Gasteiger partial charge in [-0.1, -0.05) is 66.7 Å². The number of nitrogens with zero attached hydrogens (tertiary/aromatic N) is 1. The summed E-state index contributed by atoms with van der Waals surface area (Å²) in [5.74, 6) is 0. The standard InChI is InChI=1S/C16H36N.C4H11N.BrH.HI/c1-5-9-13-17(14-10-6-2,15-11-7-3)16-12-8-4;1-2-3-4-5;;/h5-16H2,1-4H3;2-5H2,1H3;2*1H/q+1;;;/p-1. The minimum atomic E-state index is 0. The highest BCUT2D eigenvalue weighted by Crippen LogP contribution is 2.16. The zero-order chi connectivity index (χ0) is 17.1. The summed E-state index contributed by atoms with van der Waals surface area (Å²) < 4.78 is 1.42. The molecule has 0 rings (SSSR count). The predicted octanol–water partition coefficient (Wildman–Crippen LogP) is -0.960. The van der Waals surface area contributed by atoms with E-state index in [1.54, 1.807) is 0 Å². The van der Waals surface area contributed by atoms with Crippen LogP contribution in [0.15, 0.2) is 0 Å². The first kappa shape index (κ1) is 32.8. The van der Waals surface area contributed by atoms with Crippen LogP contribution in [0.25, 0.3) is 0 Å². The monoisotopic (exact) mass is 522 g/mol. The predicted molar refractivity (Wildman–Crippen MR) is 102 cm³/mol. The Kier molecular flexibility index (Phi) is 36.0. The molecule has 0 aromatic carbocycles. The smallest absolute Gasteiger partial charge is 0.0786 e. The van der Waals surface area contributed by atoms with Gasteiger partial charge in [0.15, 0.2) is 0 Å². The van der Waals surface area contributed by atoms with Crippen LogP contribution in [-0.2, 0) is 0 Å². The summed E-state index contributed by atoms with van der Waals surface area (Å²) in [5.41, 5.74) is 3.68. The van der Waals surface area contributed by atoms with E-state index in [1.165, 1.54) is 94.9 Å². The quantitative estimate of drug-likeness (QED) is 0.225. The van der Waals surface area contributed by atoms with Crippen molar-refractivity contribution in [1.29, 1.82) is 0 Å². The summed E-state index contributed by atoms with van der Waals surface area (Å²) in [6, 6.07) is 0. The Morgan fingerprint density at radius 2 is 0.792 bits per heavy atom. The maximum Gasteiger partial charge on any atom is 0.0786 e. The highest BCUT2D eigenvalue weighted by atomic mass is 127. The highest BCUT2D eigenvalue weighted by Gasteiger charge is 2.24. The van der Waals surface area contributed by atoms with Crippen molar-refractivity contribution in [3.05, 3.63) is 0 Å². The highest BCUT2D eigenvalue weighted by molar-refractivity contribution is 4.49. The second-order valence-corrected chi connectivity index (χ2v) is 6.86. The van der Waals surface area contributed by atoms with Crippen molar-refractivity contribution in [3.63, 3.8) is 0 Å². The largest absolute Gasteiger partial charge is 1.00 e. The van der Waals surface area contributed by atoms with Crippen LogP contribution in [0.4, 0.5) is 0 Å². The Morgan fingerprint density at radius 3 is 0.917 bits per heavy atom. The number of hydrogen-bond acceptors (Lipinski definition) is 0. The summed E-state index contributed by atoms with van der Waals surface area (Å²) in [7, 11) is 0. The zero-order valence-corrected chi connectivity index (χ0v) is 21.3. The van der Waals surface area contributed by atoms with Crippen molar-refractivity contribution in [3.8, 4) is 0 Å². The van der Waals surface area contributed by atoms with Crippen LogP contribution in [0, 0.1) is 0 Å². The van der Waals surface area contributed by atoms with Crippen LogP contribution in [0.1, 0.15) is 98.8 Å². The van der Waals surface area contributed by atoms with E-state index in [2.05, 4.69) is 40.4 Å². The molecule has 0 aliphatic rings. The summed E-state index contributed by atoms with van der Waals surface area (Å²) >= 11 is 0. The second kappa shape index (κ2) is 26.4. The maximum absolute atomic E-state index is 3.68. The number of quaternary nitrogens is 2. The molecule has 4 heteroatoms. The van der Waals surface area contributed by atoms with Gasteiger partial charge in [0, 0.05) is 0 Å². The van der Waals surface area contributed by atoms with Crippen molar-refractivity contribution >= 4 is 0 Å². The number of halogens is 2. The zero-order valence-electron chi connectivity index (χ0n) is 17.5. The maximum atomic E-state index is 3.68. The fraction of sp³-hybridized carbons (Fsp3) is 1.00. The van der Waals surface area contributed by atoms with Crippen molar-refractivity contribution in [2.45, 2.75) is 98.8 Å². The Hall–Kier alpha value is 1.13. The van der Waals surface area contributed by atoms with Gasteiger partial charge in [-0.2, -0.15) is 0 Å². The molecule has 0 heterocycles. The van der Waals surface area contributed by atoms with E-state index in [4.69, 9.17) is 0 Å². The molecule has 0 aliphatic heterocycles. The fourth-order valence-corrected chi connectivity index (χ4v) is 2.89. The lowest BCUT2D eigenvalue weighted by Crippen LogP contribution is -3.00. The third-order valence-electron chi connectivity index (χ3n) is 4.55. The minimum absolute atomic E-state index is 0. The van der Waals surface area contributed by atoms with Crippen molar-refractivity contribution in [1.82, 2.24) is 0 Å². The Labute approximate surface area is 182 Å². The molecule has 0 aromatic rings. The normalized spacial score (nSPS) is 10.2. The van der Waals surface area contributed by atoms with Crippen LogP contribution in [0.2, 0.25) is 0 Å². The Morgan fingerprint density at radius 1 is 0.542 bits per heavy atom. The van der Waals surface area contributed by atoms with Gasteiger partial charge < -0.3 is 51.2 Å². The average molecular weight is 523 g/mol. The van der Waals surface area contributed by atoms with Crippen LogP contribution in [-0.4, -0.2) is 37.2 Å². The Balaban J connectivity index is -0.000000250. The molecule has 0 aliphatic carbocycles. The number of unbranched alkanes of at least 4 members (excludes halogenated alkanes) is 5. The molecule has 0 saturated heterocycles. The van der Waals surface area contributed by atoms with Crippen LogP contribution < -0.4 is 46.7 Å². The van der Waals surface area contributed by atoms with Gasteiger partial charge in [0.05, 0.1) is 32.7 Å². The van der Waals surface area contributed by atoms with Gasteiger partial charge >= 0.3 is 0 Å². The van der Waals surface area contributed by atoms with E-state index in [1.807, 2.05) is 0 Å². The van der Waals surface area contributed by atoms with Crippen molar-refractivity contribution in [2.75, 3.05) is 32.7 Å².